The second kappa shape index (κ2) is 6.00. The summed E-state index contributed by atoms with van der Waals surface area (Å²) in [4.78, 5) is 16.4. The van der Waals surface area contributed by atoms with Crippen molar-refractivity contribution in [1.29, 1.82) is 0 Å². The number of aliphatic hydroxyl groups is 1. The van der Waals surface area contributed by atoms with Crippen molar-refractivity contribution in [2.75, 3.05) is 6.61 Å². The van der Waals surface area contributed by atoms with Gasteiger partial charge in [0.25, 0.3) is 5.91 Å². The van der Waals surface area contributed by atoms with E-state index in [4.69, 9.17) is 0 Å². The number of fused-ring (bicyclic) bond motifs is 3. The number of nitrogens with one attached hydrogen (secondary N) is 1. The minimum Gasteiger partial charge on any atom is -0.396 e. The Bertz CT molecular complexity index is 685. The van der Waals surface area contributed by atoms with Crippen LogP contribution in [0.5, 0.6) is 0 Å². The van der Waals surface area contributed by atoms with Crippen molar-refractivity contribution in [2.24, 2.45) is 17.8 Å². The van der Waals surface area contributed by atoms with Crippen molar-refractivity contribution < 1.29 is 23.1 Å². The zero-order chi connectivity index (χ0) is 17.8. The topological polar surface area (TPSA) is 67.2 Å². The van der Waals surface area contributed by atoms with Crippen molar-refractivity contribution in [1.82, 2.24) is 14.9 Å². The molecule has 0 radical (unpaired) electrons. The van der Waals surface area contributed by atoms with Gasteiger partial charge in [-0.05, 0) is 49.9 Å². The number of aromatic nitrogens is 2. The molecule has 1 aromatic heterocycles. The van der Waals surface area contributed by atoms with Crippen molar-refractivity contribution >= 4 is 5.91 Å². The van der Waals surface area contributed by atoms with Crippen LogP contribution in [0.25, 0.3) is 0 Å². The summed E-state index contributed by atoms with van der Waals surface area (Å²) in [7, 11) is 0. The van der Waals surface area contributed by atoms with Gasteiger partial charge in [-0.1, -0.05) is 0 Å². The molecule has 0 saturated heterocycles. The fourth-order valence-electron chi connectivity index (χ4n) is 4.94. The van der Waals surface area contributed by atoms with E-state index in [0.29, 0.717) is 24.7 Å². The average molecular weight is 357 g/mol. The highest BCUT2D eigenvalue weighted by Gasteiger charge is 2.47. The number of aryl methyl sites for hydroxylation is 1. The van der Waals surface area contributed by atoms with Crippen LogP contribution in [0.1, 0.15) is 54.1 Å². The Morgan fingerprint density at radius 1 is 1.24 bits per heavy atom. The number of imidazole rings is 1. The molecule has 1 aliphatic heterocycles. The van der Waals surface area contributed by atoms with Crippen LogP contribution in [-0.4, -0.2) is 33.2 Å². The van der Waals surface area contributed by atoms with Crippen LogP contribution in [0.15, 0.2) is 0 Å². The molecule has 25 heavy (non-hydrogen) atoms. The fraction of sp³-hybridized carbons (Fsp3) is 0.765. The summed E-state index contributed by atoms with van der Waals surface area (Å²) in [6.45, 7) is 0.556. The van der Waals surface area contributed by atoms with E-state index in [1.165, 1.54) is 4.57 Å². The predicted molar refractivity (Wildman–Crippen MR) is 82.8 cm³/mol. The number of hydrogen-bond donors (Lipinski definition) is 2. The molecule has 138 valence electrons. The molecule has 1 amide bonds. The summed E-state index contributed by atoms with van der Waals surface area (Å²) in [5.74, 6) is 0.584. The molecule has 0 unspecified atom stereocenters. The Hall–Kier alpha value is -1.57. The van der Waals surface area contributed by atoms with Gasteiger partial charge in [-0.2, -0.15) is 13.2 Å². The monoisotopic (exact) mass is 357 g/mol. The highest BCUT2D eigenvalue weighted by molar-refractivity contribution is 5.94. The van der Waals surface area contributed by atoms with Crippen LogP contribution < -0.4 is 5.32 Å². The van der Waals surface area contributed by atoms with Gasteiger partial charge < -0.3 is 15.0 Å². The molecule has 4 rings (SSSR count). The normalized spacial score (nSPS) is 31.2. The Morgan fingerprint density at radius 3 is 2.68 bits per heavy atom. The van der Waals surface area contributed by atoms with Crippen LogP contribution in [0.3, 0.4) is 0 Å². The largest absolute Gasteiger partial charge is 0.435 e. The summed E-state index contributed by atoms with van der Waals surface area (Å²) < 4.78 is 41.6. The Morgan fingerprint density at radius 2 is 2.04 bits per heavy atom. The number of aliphatic hydroxyl groups excluding tert-OH is 1. The molecular weight excluding hydrogens is 335 g/mol. The van der Waals surface area contributed by atoms with E-state index in [-0.39, 0.29) is 30.2 Å². The summed E-state index contributed by atoms with van der Waals surface area (Å²) >= 11 is 0. The maximum atomic E-state index is 13.4. The average Bonchev–Trinajstić information content (AvgIpc) is 3.25. The van der Waals surface area contributed by atoms with Crippen molar-refractivity contribution in [3.63, 3.8) is 0 Å². The molecule has 1 aromatic rings. The lowest BCUT2D eigenvalue weighted by molar-refractivity contribution is -0.141. The summed E-state index contributed by atoms with van der Waals surface area (Å²) in [6, 6.07) is -0.101. The predicted octanol–water partition coefficient (Wildman–Crippen LogP) is 2.38. The minimum absolute atomic E-state index is 0.101. The molecule has 0 aromatic carbocycles. The van der Waals surface area contributed by atoms with Crippen LogP contribution in [0.2, 0.25) is 0 Å². The molecule has 2 fully saturated rings. The molecule has 2 N–H and O–H groups in total. The van der Waals surface area contributed by atoms with Crippen LogP contribution in [0, 0.1) is 17.8 Å². The SMILES string of the molecule is O=C(N[C@@H]1C[C@H]2C[C@@H]1C[C@H]2CO)c1c(C(F)(F)F)nc2n1CCCC2. The first-order valence-electron chi connectivity index (χ1n) is 8.96. The third-order valence-corrected chi connectivity index (χ3v) is 6.12. The van der Waals surface area contributed by atoms with E-state index in [0.717, 1.165) is 32.1 Å². The first kappa shape index (κ1) is 16.9. The van der Waals surface area contributed by atoms with Crippen LogP contribution in [-0.2, 0) is 19.1 Å². The van der Waals surface area contributed by atoms with Crippen LogP contribution in [0.4, 0.5) is 13.2 Å². The zero-order valence-corrected chi connectivity index (χ0v) is 13.9. The van der Waals surface area contributed by atoms with Gasteiger partial charge >= 0.3 is 6.18 Å². The third-order valence-electron chi connectivity index (χ3n) is 6.12. The molecule has 5 nitrogen and oxygen atoms in total. The molecule has 8 heteroatoms. The number of hydrogen-bond acceptors (Lipinski definition) is 3. The smallest absolute Gasteiger partial charge is 0.396 e. The first-order valence-corrected chi connectivity index (χ1v) is 8.96. The number of alkyl halides is 3. The Balaban J connectivity index is 1.57. The zero-order valence-electron chi connectivity index (χ0n) is 13.9. The Labute approximate surface area is 143 Å². The summed E-state index contributed by atoms with van der Waals surface area (Å²) in [5, 5.41) is 12.2. The lowest BCUT2D eigenvalue weighted by atomic mass is 9.86. The van der Waals surface area contributed by atoms with Crippen molar-refractivity contribution in [3.8, 4) is 0 Å². The highest BCUT2D eigenvalue weighted by atomic mass is 19.4. The number of carbonyl (C=O) groups excluding carboxylic acids is 1. The van der Waals surface area contributed by atoms with E-state index in [1.54, 1.807) is 0 Å². The van der Waals surface area contributed by atoms with Crippen LogP contribution >= 0.6 is 0 Å². The lowest BCUT2D eigenvalue weighted by Gasteiger charge is -2.28. The van der Waals surface area contributed by atoms with E-state index in [2.05, 4.69) is 10.3 Å². The molecule has 3 aliphatic rings. The number of rotatable bonds is 3. The van der Waals surface area contributed by atoms with E-state index >= 15 is 0 Å². The second-order valence-corrected chi connectivity index (χ2v) is 7.58. The quantitative estimate of drug-likeness (QED) is 0.873. The molecule has 4 atom stereocenters. The number of amides is 1. The number of nitrogens with zero attached hydrogens (tertiary/aromatic N) is 2. The van der Waals surface area contributed by atoms with Gasteiger partial charge in [0.1, 0.15) is 11.5 Å². The molecular formula is C17H22F3N3O2. The Kier molecular flexibility index (Phi) is 4.05. The summed E-state index contributed by atoms with van der Waals surface area (Å²) in [6.07, 6.45) is -0.0898. The maximum Gasteiger partial charge on any atom is 0.435 e. The van der Waals surface area contributed by atoms with Crippen molar-refractivity contribution in [2.45, 2.75) is 57.3 Å². The second-order valence-electron chi connectivity index (χ2n) is 7.58. The molecule has 0 spiro atoms. The molecule has 2 saturated carbocycles. The molecule has 2 bridgehead atoms. The van der Waals surface area contributed by atoms with E-state index in [1.807, 2.05) is 0 Å². The summed E-state index contributed by atoms with van der Waals surface area (Å²) in [5.41, 5.74) is -1.39. The van der Waals surface area contributed by atoms with Gasteiger partial charge in [0.2, 0.25) is 0 Å². The number of carbonyl (C=O) groups is 1. The number of halogens is 3. The van der Waals surface area contributed by atoms with Gasteiger partial charge in [0.05, 0.1) is 0 Å². The van der Waals surface area contributed by atoms with Gasteiger partial charge in [-0.3, -0.25) is 4.79 Å². The minimum atomic E-state index is -4.63. The first-order chi connectivity index (χ1) is 11.9. The fourth-order valence-corrected chi connectivity index (χ4v) is 4.94. The van der Waals surface area contributed by atoms with Gasteiger partial charge in [-0.15, -0.1) is 0 Å². The lowest BCUT2D eigenvalue weighted by Crippen LogP contribution is -2.41. The maximum absolute atomic E-state index is 13.4. The standard InChI is InChI=1S/C17H22F3N3O2/c18-17(19,20)15-14(23-4-2-1-3-13(23)22-15)16(25)21-12-7-9-5-10(12)6-11(9)8-24/h9-12,24H,1-8H2,(H,21,25)/t9-,10-,11+,12-/m1/s1. The van der Waals surface area contributed by atoms with Gasteiger partial charge in [-0.25, -0.2) is 4.98 Å². The molecule has 2 aliphatic carbocycles. The van der Waals surface area contributed by atoms with Crippen molar-refractivity contribution in [3.05, 3.63) is 17.2 Å². The van der Waals surface area contributed by atoms with Gasteiger partial charge in [0, 0.05) is 25.6 Å². The van der Waals surface area contributed by atoms with E-state index < -0.39 is 17.8 Å². The van der Waals surface area contributed by atoms with E-state index in [9.17, 15) is 23.1 Å². The highest BCUT2D eigenvalue weighted by Crippen LogP contribution is 2.48. The third kappa shape index (κ3) is 2.84. The van der Waals surface area contributed by atoms with Gasteiger partial charge in [0.15, 0.2) is 5.69 Å². The molecule has 2 heterocycles.